The number of pyridine rings is 1. The predicted octanol–water partition coefficient (Wildman–Crippen LogP) is 3.71. The van der Waals surface area contributed by atoms with Crippen molar-refractivity contribution in [1.29, 1.82) is 0 Å². The van der Waals surface area contributed by atoms with Gasteiger partial charge < -0.3 is 19.7 Å². The molecule has 0 radical (unpaired) electrons. The van der Waals surface area contributed by atoms with Crippen molar-refractivity contribution >= 4 is 21.8 Å². The van der Waals surface area contributed by atoms with Crippen LogP contribution in [0.5, 0.6) is 5.75 Å². The standard InChI is InChI=1S/C33H33FN4O6S/c34-28-8-6-26(7-9-28)23-38(32(27-4-2-1-3-5-27)33(40)36-22-25-14-16-35-17-15-25)31(39)24-44-29-10-12-30(13-11-29)45(41,42)37-18-20-43-21-19-37/h1-17,32H,18-24H2,(H,36,40)/t32-/m1/s1. The first-order valence-corrected chi connectivity index (χ1v) is 15.8. The van der Waals surface area contributed by atoms with Crippen molar-refractivity contribution in [3.8, 4) is 5.75 Å². The average Bonchev–Trinajstić information content (AvgIpc) is 3.08. The molecular weight excluding hydrogens is 599 g/mol. The second-order valence-corrected chi connectivity index (χ2v) is 12.2. The van der Waals surface area contributed by atoms with E-state index in [1.165, 1.54) is 45.6 Å². The molecule has 0 unspecified atom stereocenters. The number of nitrogens with zero attached hydrogens (tertiary/aromatic N) is 3. The van der Waals surface area contributed by atoms with Crippen LogP contribution in [0.25, 0.3) is 0 Å². The monoisotopic (exact) mass is 632 g/mol. The van der Waals surface area contributed by atoms with Crippen LogP contribution >= 0.6 is 0 Å². The van der Waals surface area contributed by atoms with Gasteiger partial charge in [0, 0.05) is 38.6 Å². The van der Waals surface area contributed by atoms with E-state index in [0.29, 0.717) is 24.3 Å². The summed E-state index contributed by atoms with van der Waals surface area (Å²) in [6.07, 6.45) is 3.25. The first-order chi connectivity index (χ1) is 21.8. The molecule has 4 aromatic rings. The van der Waals surface area contributed by atoms with Crippen LogP contribution in [0.1, 0.15) is 22.7 Å². The highest BCUT2D eigenvalue weighted by molar-refractivity contribution is 7.89. The maximum atomic E-state index is 13.8. The summed E-state index contributed by atoms with van der Waals surface area (Å²) < 4.78 is 52.1. The molecule has 1 saturated heterocycles. The number of rotatable bonds is 12. The number of carbonyl (C=O) groups is 2. The van der Waals surface area contributed by atoms with Gasteiger partial charge in [0.1, 0.15) is 17.6 Å². The highest BCUT2D eigenvalue weighted by Gasteiger charge is 2.32. The van der Waals surface area contributed by atoms with Gasteiger partial charge in [-0.2, -0.15) is 4.31 Å². The molecule has 5 rings (SSSR count). The number of nitrogens with one attached hydrogen (secondary N) is 1. The minimum Gasteiger partial charge on any atom is -0.484 e. The number of benzene rings is 3. The van der Waals surface area contributed by atoms with E-state index < -0.39 is 40.3 Å². The Bertz CT molecular complexity index is 1670. The van der Waals surface area contributed by atoms with Crippen LogP contribution in [-0.4, -0.2) is 67.3 Å². The predicted molar refractivity (Wildman–Crippen MR) is 164 cm³/mol. The molecule has 1 aromatic heterocycles. The van der Waals surface area contributed by atoms with Crippen LogP contribution in [0.3, 0.4) is 0 Å². The van der Waals surface area contributed by atoms with E-state index in [1.807, 2.05) is 6.07 Å². The summed E-state index contributed by atoms with van der Waals surface area (Å²) in [5.74, 6) is -1.05. The molecule has 3 aromatic carbocycles. The maximum Gasteiger partial charge on any atom is 0.261 e. The van der Waals surface area contributed by atoms with Crippen LogP contribution < -0.4 is 10.1 Å². The Labute approximate surface area is 261 Å². The van der Waals surface area contributed by atoms with Crippen molar-refractivity contribution in [2.24, 2.45) is 0 Å². The number of amides is 2. The summed E-state index contributed by atoms with van der Waals surface area (Å²) in [6.45, 7) is 1.01. The van der Waals surface area contributed by atoms with Gasteiger partial charge in [0.15, 0.2) is 6.61 Å². The Balaban J connectivity index is 1.36. The van der Waals surface area contributed by atoms with Crippen molar-refractivity contribution < 1.29 is 31.9 Å². The van der Waals surface area contributed by atoms with E-state index in [9.17, 15) is 22.4 Å². The number of hydrogen-bond acceptors (Lipinski definition) is 7. The summed E-state index contributed by atoms with van der Waals surface area (Å²) in [6, 6.07) is 23.0. The number of morpholine rings is 1. The number of ether oxygens (including phenoxy) is 2. The Hall–Kier alpha value is -4.65. The molecule has 12 heteroatoms. The molecule has 1 fully saturated rings. The quantitative estimate of drug-likeness (QED) is 0.253. The number of hydrogen-bond donors (Lipinski definition) is 1. The van der Waals surface area contributed by atoms with Gasteiger partial charge in [-0.05, 0) is 65.2 Å². The number of aromatic nitrogens is 1. The third kappa shape index (κ3) is 8.29. The fourth-order valence-corrected chi connectivity index (χ4v) is 6.28. The van der Waals surface area contributed by atoms with Crippen LogP contribution in [0.4, 0.5) is 4.39 Å². The number of sulfonamides is 1. The molecule has 2 heterocycles. The molecule has 45 heavy (non-hydrogen) atoms. The fourth-order valence-electron chi connectivity index (χ4n) is 4.88. The van der Waals surface area contributed by atoms with Crippen molar-refractivity contribution in [2.75, 3.05) is 32.9 Å². The molecule has 0 spiro atoms. The minimum absolute atomic E-state index is 0.00143. The molecule has 1 aliphatic heterocycles. The molecule has 1 atom stereocenters. The van der Waals surface area contributed by atoms with Gasteiger partial charge in [-0.15, -0.1) is 0 Å². The Kier molecular flexibility index (Phi) is 10.5. The second-order valence-electron chi connectivity index (χ2n) is 10.3. The van der Waals surface area contributed by atoms with Crippen molar-refractivity contribution in [3.05, 3.63) is 126 Å². The molecule has 0 aliphatic carbocycles. The summed E-state index contributed by atoms with van der Waals surface area (Å²) >= 11 is 0. The highest BCUT2D eigenvalue weighted by Crippen LogP contribution is 2.25. The van der Waals surface area contributed by atoms with Crippen molar-refractivity contribution in [3.63, 3.8) is 0 Å². The van der Waals surface area contributed by atoms with E-state index in [-0.39, 0.29) is 36.8 Å². The Morgan fingerprint density at radius 2 is 1.58 bits per heavy atom. The van der Waals surface area contributed by atoms with Gasteiger partial charge in [0.2, 0.25) is 15.9 Å². The SMILES string of the molecule is O=C(NCc1ccncc1)[C@@H](c1ccccc1)N(Cc1ccc(F)cc1)C(=O)COc1ccc(S(=O)(=O)N2CCOCC2)cc1. The lowest BCUT2D eigenvalue weighted by molar-refractivity contribution is -0.143. The van der Waals surface area contributed by atoms with Crippen molar-refractivity contribution in [2.45, 2.75) is 24.0 Å². The zero-order chi connectivity index (χ0) is 31.6. The number of carbonyl (C=O) groups excluding carboxylic acids is 2. The molecule has 1 aliphatic rings. The van der Waals surface area contributed by atoms with E-state index in [4.69, 9.17) is 9.47 Å². The first-order valence-electron chi connectivity index (χ1n) is 14.4. The smallest absolute Gasteiger partial charge is 0.261 e. The van der Waals surface area contributed by atoms with E-state index in [1.54, 1.807) is 60.9 Å². The van der Waals surface area contributed by atoms with Gasteiger partial charge in [0.25, 0.3) is 5.91 Å². The zero-order valence-corrected chi connectivity index (χ0v) is 25.2. The van der Waals surface area contributed by atoms with Gasteiger partial charge in [0.05, 0.1) is 18.1 Å². The molecule has 2 amide bonds. The van der Waals surface area contributed by atoms with Crippen LogP contribution in [-0.2, 0) is 37.4 Å². The zero-order valence-electron chi connectivity index (χ0n) is 24.4. The van der Waals surface area contributed by atoms with Crippen LogP contribution in [0.15, 0.2) is 108 Å². The van der Waals surface area contributed by atoms with Gasteiger partial charge in [-0.3, -0.25) is 14.6 Å². The fraction of sp³-hybridized carbons (Fsp3) is 0.242. The first kappa shape index (κ1) is 31.8. The number of halogens is 1. The lowest BCUT2D eigenvalue weighted by Gasteiger charge is -2.31. The molecule has 1 N–H and O–H groups in total. The normalized spacial score (nSPS) is 14.3. The summed E-state index contributed by atoms with van der Waals surface area (Å²) in [7, 11) is -3.69. The lowest BCUT2D eigenvalue weighted by Crippen LogP contribution is -2.45. The highest BCUT2D eigenvalue weighted by atomic mass is 32.2. The third-order valence-corrected chi connectivity index (χ3v) is 9.18. The topological polar surface area (TPSA) is 118 Å². The van der Waals surface area contributed by atoms with Crippen molar-refractivity contribution in [1.82, 2.24) is 19.5 Å². The van der Waals surface area contributed by atoms with Crippen LogP contribution in [0, 0.1) is 5.82 Å². The largest absolute Gasteiger partial charge is 0.484 e. The summed E-state index contributed by atoms with van der Waals surface area (Å²) in [5.41, 5.74) is 2.03. The van der Waals surface area contributed by atoms with Gasteiger partial charge in [-0.25, -0.2) is 12.8 Å². The molecule has 10 nitrogen and oxygen atoms in total. The summed E-state index contributed by atoms with van der Waals surface area (Å²) in [5, 5.41) is 2.92. The van der Waals surface area contributed by atoms with E-state index >= 15 is 0 Å². The third-order valence-electron chi connectivity index (χ3n) is 7.27. The van der Waals surface area contributed by atoms with Crippen LogP contribution in [0.2, 0.25) is 0 Å². The maximum absolute atomic E-state index is 13.8. The van der Waals surface area contributed by atoms with Gasteiger partial charge >= 0.3 is 0 Å². The minimum atomic E-state index is -3.69. The van der Waals surface area contributed by atoms with Gasteiger partial charge in [-0.1, -0.05) is 42.5 Å². The second kappa shape index (κ2) is 14.9. The molecular formula is C33H33FN4O6S. The molecule has 0 bridgehead atoms. The Morgan fingerprint density at radius 1 is 0.911 bits per heavy atom. The lowest BCUT2D eigenvalue weighted by atomic mass is 10.0. The molecule has 234 valence electrons. The van der Waals surface area contributed by atoms with E-state index in [0.717, 1.165) is 5.56 Å². The molecule has 0 saturated carbocycles. The summed E-state index contributed by atoms with van der Waals surface area (Å²) in [4.78, 5) is 33.1. The Morgan fingerprint density at radius 3 is 2.24 bits per heavy atom. The van der Waals surface area contributed by atoms with E-state index in [2.05, 4.69) is 10.3 Å². The average molecular weight is 633 g/mol.